The van der Waals surface area contributed by atoms with Crippen LogP contribution in [0.5, 0.6) is 0 Å². The molecule has 11 heteroatoms. The zero-order valence-electron chi connectivity index (χ0n) is 17.7. The van der Waals surface area contributed by atoms with Crippen LogP contribution in [0.3, 0.4) is 0 Å². The molecule has 176 valence electrons. The van der Waals surface area contributed by atoms with Gasteiger partial charge in [-0.2, -0.15) is 13.2 Å². The molecule has 0 radical (unpaired) electrons. The number of amides is 1. The van der Waals surface area contributed by atoms with Crippen molar-refractivity contribution < 1.29 is 32.4 Å². The summed E-state index contributed by atoms with van der Waals surface area (Å²) in [7, 11) is 1.22. The fraction of sp³-hybridized carbons (Fsp3) is 0.364. The summed E-state index contributed by atoms with van der Waals surface area (Å²) >= 11 is 0. The molecule has 1 heterocycles. The van der Waals surface area contributed by atoms with E-state index in [1.165, 1.54) is 7.11 Å². The third-order valence-corrected chi connectivity index (χ3v) is 5.56. The number of esters is 1. The highest BCUT2D eigenvalue weighted by Crippen LogP contribution is 2.37. The predicted octanol–water partition coefficient (Wildman–Crippen LogP) is 3.86. The van der Waals surface area contributed by atoms with E-state index in [4.69, 9.17) is 4.74 Å². The van der Waals surface area contributed by atoms with Gasteiger partial charge >= 0.3 is 12.1 Å². The number of hydrogen-bond acceptors (Lipinski definition) is 6. The molecule has 3 rings (SSSR count). The van der Waals surface area contributed by atoms with E-state index in [2.05, 4.69) is 5.32 Å². The van der Waals surface area contributed by atoms with Crippen molar-refractivity contribution in [3.05, 3.63) is 69.8 Å². The Labute approximate surface area is 187 Å². The highest BCUT2D eigenvalue weighted by molar-refractivity contribution is 5.86. The summed E-state index contributed by atoms with van der Waals surface area (Å²) in [5.74, 6) is -1.45. The van der Waals surface area contributed by atoms with Gasteiger partial charge in [0.1, 0.15) is 5.69 Å². The molecule has 1 unspecified atom stereocenters. The van der Waals surface area contributed by atoms with Crippen LogP contribution in [0.15, 0.2) is 48.5 Å². The zero-order valence-corrected chi connectivity index (χ0v) is 17.7. The summed E-state index contributed by atoms with van der Waals surface area (Å²) in [4.78, 5) is 37.1. The van der Waals surface area contributed by atoms with Crippen molar-refractivity contribution in [1.82, 2.24) is 5.32 Å². The Morgan fingerprint density at radius 2 is 1.79 bits per heavy atom. The number of halogens is 3. The maximum absolute atomic E-state index is 12.9. The molecule has 1 aliphatic rings. The third kappa shape index (κ3) is 5.60. The van der Waals surface area contributed by atoms with Gasteiger partial charge in [0, 0.05) is 25.1 Å². The van der Waals surface area contributed by atoms with Gasteiger partial charge in [-0.05, 0) is 30.5 Å². The number of hydrogen-bond donors (Lipinski definition) is 1. The molecule has 1 fully saturated rings. The van der Waals surface area contributed by atoms with E-state index >= 15 is 0 Å². The van der Waals surface area contributed by atoms with Crippen LogP contribution in [0, 0.1) is 16.0 Å². The number of anilines is 1. The Bertz CT molecular complexity index is 1020. The van der Waals surface area contributed by atoms with Crippen LogP contribution in [0.1, 0.15) is 30.0 Å². The number of methoxy groups -OCH3 is 1. The minimum Gasteiger partial charge on any atom is -0.467 e. The molecule has 0 aliphatic carbocycles. The number of alkyl halides is 3. The van der Waals surface area contributed by atoms with Gasteiger partial charge < -0.3 is 15.0 Å². The molecular weight excluding hydrogens is 443 g/mol. The fourth-order valence-corrected chi connectivity index (χ4v) is 3.80. The summed E-state index contributed by atoms with van der Waals surface area (Å²) in [6.45, 7) is 0.469. The second-order valence-corrected chi connectivity index (χ2v) is 7.60. The van der Waals surface area contributed by atoms with Crippen molar-refractivity contribution in [3.63, 3.8) is 0 Å². The van der Waals surface area contributed by atoms with Crippen LogP contribution < -0.4 is 10.2 Å². The molecule has 8 nitrogen and oxygen atoms in total. The number of carbonyl (C=O) groups is 2. The predicted molar refractivity (Wildman–Crippen MR) is 112 cm³/mol. The summed E-state index contributed by atoms with van der Waals surface area (Å²) in [6, 6.07) is 10.1. The lowest BCUT2D eigenvalue weighted by Gasteiger charge is -2.33. The highest BCUT2D eigenvalue weighted by Gasteiger charge is 2.35. The number of nitrogens with zero attached hydrogens (tertiary/aromatic N) is 2. The molecule has 1 atom stereocenters. The van der Waals surface area contributed by atoms with Gasteiger partial charge in [0.15, 0.2) is 6.04 Å². The molecule has 1 amide bonds. The van der Waals surface area contributed by atoms with Gasteiger partial charge in [-0.15, -0.1) is 0 Å². The van der Waals surface area contributed by atoms with Crippen LogP contribution in [0.4, 0.5) is 24.5 Å². The summed E-state index contributed by atoms with van der Waals surface area (Å²) in [6.07, 6.45) is -4.07. The Morgan fingerprint density at radius 3 is 2.33 bits per heavy atom. The van der Waals surface area contributed by atoms with Gasteiger partial charge in [0.2, 0.25) is 5.91 Å². The van der Waals surface area contributed by atoms with E-state index < -0.39 is 40.3 Å². The first-order valence-electron chi connectivity index (χ1n) is 10.2. The second-order valence-electron chi connectivity index (χ2n) is 7.60. The van der Waals surface area contributed by atoms with Gasteiger partial charge in [-0.1, -0.05) is 30.3 Å². The van der Waals surface area contributed by atoms with Gasteiger partial charge in [0.25, 0.3) is 5.69 Å². The number of piperidine rings is 1. The first-order valence-corrected chi connectivity index (χ1v) is 10.2. The Balaban J connectivity index is 1.70. The maximum atomic E-state index is 12.9. The standard InChI is InChI=1S/C22H22F3N3O5/c1-33-21(30)19(14-5-3-2-4-6-14)26-20(29)15-9-11-27(12-10-15)17-8-7-16(22(23,24)25)13-18(17)28(31)32/h2-8,13,15,19H,9-12H2,1H3,(H,26,29). The zero-order chi connectivity index (χ0) is 24.2. The van der Waals surface area contributed by atoms with E-state index in [9.17, 15) is 32.9 Å². The maximum Gasteiger partial charge on any atom is 0.416 e. The number of nitrogens with one attached hydrogen (secondary N) is 1. The topological polar surface area (TPSA) is 102 Å². The number of benzene rings is 2. The van der Waals surface area contributed by atoms with Gasteiger partial charge in [-0.25, -0.2) is 4.79 Å². The highest BCUT2D eigenvalue weighted by atomic mass is 19.4. The molecule has 1 N–H and O–H groups in total. The molecular formula is C22H22F3N3O5. The number of carbonyl (C=O) groups excluding carboxylic acids is 2. The minimum atomic E-state index is -4.69. The second kappa shape index (κ2) is 9.88. The molecule has 2 aromatic rings. The Kier molecular flexibility index (Phi) is 7.19. The minimum absolute atomic E-state index is 0.0728. The van der Waals surface area contributed by atoms with E-state index in [-0.39, 0.29) is 24.7 Å². The fourth-order valence-electron chi connectivity index (χ4n) is 3.80. The number of ether oxygens (including phenoxy) is 1. The summed E-state index contributed by atoms with van der Waals surface area (Å²) in [5, 5.41) is 14.1. The average molecular weight is 465 g/mol. The van der Waals surface area contributed by atoms with Crippen LogP contribution in [0.2, 0.25) is 0 Å². The molecule has 0 aromatic heterocycles. The van der Waals surface area contributed by atoms with E-state index in [0.717, 1.165) is 12.1 Å². The lowest BCUT2D eigenvalue weighted by molar-refractivity contribution is -0.384. The van der Waals surface area contributed by atoms with E-state index in [0.29, 0.717) is 24.5 Å². The smallest absolute Gasteiger partial charge is 0.416 e. The lowest BCUT2D eigenvalue weighted by atomic mass is 9.94. The Hall–Kier alpha value is -3.63. The number of rotatable bonds is 6. The van der Waals surface area contributed by atoms with Crippen LogP contribution in [-0.2, 0) is 20.5 Å². The van der Waals surface area contributed by atoms with Crippen LogP contribution in [-0.4, -0.2) is 37.0 Å². The van der Waals surface area contributed by atoms with Crippen molar-refractivity contribution in [3.8, 4) is 0 Å². The van der Waals surface area contributed by atoms with Crippen molar-refractivity contribution in [2.75, 3.05) is 25.1 Å². The first-order chi connectivity index (χ1) is 15.6. The summed E-state index contributed by atoms with van der Waals surface area (Å²) < 4.78 is 43.6. The molecule has 0 saturated carbocycles. The van der Waals surface area contributed by atoms with Crippen molar-refractivity contribution in [2.45, 2.75) is 25.1 Å². The van der Waals surface area contributed by atoms with Gasteiger partial charge in [0.05, 0.1) is 17.6 Å². The molecule has 0 spiro atoms. The molecule has 1 aliphatic heterocycles. The largest absolute Gasteiger partial charge is 0.467 e. The van der Waals surface area contributed by atoms with Crippen molar-refractivity contribution >= 4 is 23.3 Å². The monoisotopic (exact) mass is 465 g/mol. The SMILES string of the molecule is COC(=O)C(NC(=O)C1CCN(c2ccc(C(F)(F)F)cc2[N+](=O)[O-])CC1)c1ccccc1. The average Bonchev–Trinajstić information content (AvgIpc) is 2.81. The van der Waals surface area contributed by atoms with Crippen LogP contribution in [0.25, 0.3) is 0 Å². The van der Waals surface area contributed by atoms with E-state index in [1.54, 1.807) is 35.2 Å². The number of nitro groups is 1. The Morgan fingerprint density at radius 1 is 1.15 bits per heavy atom. The normalized spacial score (nSPS) is 15.6. The lowest BCUT2D eigenvalue weighted by Crippen LogP contribution is -2.43. The quantitative estimate of drug-likeness (QED) is 0.395. The van der Waals surface area contributed by atoms with Crippen molar-refractivity contribution in [2.24, 2.45) is 5.92 Å². The van der Waals surface area contributed by atoms with Crippen LogP contribution >= 0.6 is 0 Å². The molecule has 33 heavy (non-hydrogen) atoms. The third-order valence-electron chi connectivity index (χ3n) is 5.56. The van der Waals surface area contributed by atoms with Crippen molar-refractivity contribution in [1.29, 1.82) is 0 Å². The van der Waals surface area contributed by atoms with Gasteiger partial charge in [-0.3, -0.25) is 14.9 Å². The molecule has 2 aromatic carbocycles. The first kappa shape index (κ1) is 24.0. The molecule has 0 bridgehead atoms. The number of nitro benzene ring substituents is 1. The van der Waals surface area contributed by atoms with E-state index in [1.807, 2.05) is 0 Å². The molecule has 1 saturated heterocycles. The summed E-state index contributed by atoms with van der Waals surface area (Å²) in [5.41, 5.74) is -1.09.